The fourth-order valence-electron chi connectivity index (χ4n) is 2.44. The van der Waals surface area contributed by atoms with E-state index in [9.17, 15) is 24.1 Å². The van der Waals surface area contributed by atoms with E-state index in [2.05, 4.69) is 10.6 Å². The fourth-order valence-corrected chi connectivity index (χ4v) is 3.10. The second-order valence-corrected chi connectivity index (χ2v) is 7.58. The quantitative estimate of drug-likeness (QED) is 0.474. The molecule has 0 spiro atoms. The Morgan fingerprint density at radius 3 is 2.62 bits per heavy atom. The van der Waals surface area contributed by atoms with E-state index in [1.54, 1.807) is 13.0 Å². The lowest BCUT2D eigenvalue weighted by atomic mass is 10.1. The first-order valence-corrected chi connectivity index (χ1v) is 10.3. The third kappa shape index (κ3) is 6.16. The van der Waals surface area contributed by atoms with Gasteiger partial charge in [0.15, 0.2) is 0 Å². The average Bonchev–Trinajstić information content (AvgIpc) is 2.67. The number of benzene rings is 2. The van der Waals surface area contributed by atoms with Gasteiger partial charge in [0.1, 0.15) is 16.9 Å². The van der Waals surface area contributed by atoms with E-state index < -0.39 is 34.3 Å². The topological polar surface area (TPSA) is 101 Å². The molecule has 0 aliphatic heterocycles. The van der Waals surface area contributed by atoms with E-state index in [1.165, 1.54) is 36.0 Å². The van der Waals surface area contributed by atoms with Gasteiger partial charge in [0.25, 0.3) is 11.6 Å². The Hall–Kier alpha value is -2.65. The standard InChI is InChI=1S/C19H19ClFN3O4S/c1-11-3-5-13(10-15(11)21)22-19(26)16(7-8-29-2)23-18(25)12-4-6-14(20)17(9-12)24(27)28/h3-6,9-10,16H,7-8H2,1-2H3,(H,22,26)(H,23,25)/t16-/m0/s1. The van der Waals surface area contributed by atoms with Crippen LogP contribution in [0.4, 0.5) is 15.8 Å². The second-order valence-electron chi connectivity index (χ2n) is 6.18. The van der Waals surface area contributed by atoms with Gasteiger partial charge in [-0.15, -0.1) is 0 Å². The highest BCUT2D eigenvalue weighted by molar-refractivity contribution is 7.98. The van der Waals surface area contributed by atoms with Crippen LogP contribution in [0.5, 0.6) is 0 Å². The van der Waals surface area contributed by atoms with Crippen molar-refractivity contribution in [3.63, 3.8) is 0 Å². The number of carbonyl (C=O) groups is 2. The van der Waals surface area contributed by atoms with Crippen LogP contribution in [0.15, 0.2) is 36.4 Å². The van der Waals surface area contributed by atoms with Gasteiger partial charge in [-0.2, -0.15) is 11.8 Å². The van der Waals surface area contributed by atoms with Gasteiger partial charge >= 0.3 is 0 Å². The van der Waals surface area contributed by atoms with Gasteiger partial charge in [-0.05, 0) is 55.2 Å². The van der Waals surface area contributed by atoms with Gasteiger partial charge in [0, 0.05) is 17.3 Å². The van der Waals surface area contributed by atoms with E-state index >= 15 is 0 Å². The molecule has 2 rings (SSSR count). The maximum atomic E-state index is 13.7. The number of nitrogens with one attached hydrogen (secondary N) is 2. The molecule has 0 aromatic heterocycles. The fraction of sp³-hybridized carbons (Fsp3) is 0.263. The Labute approximate surface area is 176 Å². The molecule has 29 heavy (non-hydrogen) atoms. The summed E-state index contributed by atoms with van der Waals surface area (Å²) in [5, 5.41) is 16.1. The van der Waals surface area contributed by atoms with Crippen molar-refractivity contribution in [3.8, 4) is 0 Å². The van der Waals surface area contributed by atoms with Crippen LogP contribution in [0.1, 0.15) is 22.3 Å². The Kier molecular flexibility index (Phi) is 7.98. The monoisotopic (exact) mass is 439 g/mol. The van der Waals surface area contributed by atoms with E-state index in [4.69, 9.17) is 11.6 Å². The number of nitro groups is 1. The van der Waals surface area contributed by atoms with Gasteiger partial charge in [-0.3, -0.25) is 19.7 Å². The van der Waals surface area contributed by atoms with Crippen molar-refractivity contribution >= 4 is 46.6 Å². The summed E-state index contributed by atoms with van der Waals surface area (Å²) in [5.74, 6) is -1.04. The number of halogens is 2. The number of rotatable bonds is 8. The summed E-state index contributed by atoms with van der Waals surface area (Å²) < 4.78 is 13.7. The molecule has 0 fully saturated rings. The van der Waals surface area contributed by atoms with Gasteiger partial charge in [-0.1, -0.05) is 17.7 Å². The first kappa shape index (κ1) is 22.6. The summed E-state index contributed by atoms with van der Waals surface area (Å²) in [7, 11) is 0. The Bertz CT molecular complexity index is 942. The van der Waals surface area contributed by atoms with Crippen molar-refractivity contribution in [2.45, 2.75) is 19.4 Å². The van der Waals surface area contributed by atoms with Gasteiger partial charge < -0.3 is 10.6 Å². The van der Waals surface area contributed by atoms with E-state index in [-0.39, 0.29) is 16.3 Å². The number of nitro benzene ring substituents is 1. The lowest BCUT2D eigenvalue weighted by Crippen LogP contribution is -2.44. The first-order chi connectivity index (χ1) is 13.7. The molecule has 10 heteroatoms. The minimum atomic E-state index is -0.908. The van der Waals surface area contributed by atoms with Crippen molar-refractivity contribution in [1.82, 2.24) is 5.32 Å². The predicted octanol–water partition coefficient (Wildman–Crippen LogP) is 4.19. The second kappa shape index (κ2) is 10.2. The lowest BCUT2D eigenvalue weighted by Gasteiger charge is -2.18. The summed E-state index contributed by atoms with van der Waals surface area (Å²) in [6.07, 6.45) is 2.18. The number of aryl methyl sites for hydroxylation is 1. The Morgan fingerprint density at radius 1 is 1.28 bits per heavy atom. The van der Waals surface area contributed by atoms with Crippen molar-refractivity contribution < 1.29 is 18.9 Å². The highest BCUT2D eigenvalue weighted by atomic mass is 35.5. The number of thioether (sulfide) groups is 1. The molecule has 0 aliphatic carbocycles. The molecule has 2 amide bonds. The van der Waals surface area contributed by atoms with Crippen molar-refractivity contribution in [2.24, 2.45) is 0 Å². The van der Waals surface area contributed by atoms with Crippen molar-refractivity contribution in [2.75, 3.05) is 17.3 Å². The van der Waals surface area contributed by atoms with Crippen LogP contribution in [0.2, 0.25) is 5.02 Å². The molecule has 0 saturated heterocycles. The summed E-state index contributed by atoms with van der Waals surface area (Å²) >= 11 is 7.26. The molecule has 2 N–H and O–H groups in total. The van der Waals surface area contributed by atoms with Crippen LogP contribution in [-0.2, 0) is 4.79 Å². The molecule has 0 unspecified atom stereocenters. The predicted molar refractivity (Wildman–Crippen MR) is 112 cm³/mol. The lowest BCUT2D eigenvalue weighted by molar-refractivity contribution is -0.384. The highest BCUT2D eigenvalue weighted by Crippen LogP contribution is 2.25. The highest BCUT2D eigenvalue weighted by Gasteiger charge is 2.23. The molecule has 0 radical (unpaired) electrons. The third-order valence-corrected chi connectivity index (χ3v) is 5.04. The third-order valence-electron chi connectivity index (χ3n) is 4.08. The Balaban J connectivity index is 2.17. The van der Waals surface area contributed by atoms with Gasteiger partial charge in [0.05, 0.1) is 4.92 Å². The number of hydrogen-bond acceptors (Lipinski definition) is 5. The molecular weight excluding hydrogens is 421 g/mol. The zero-order valence-electron chi connectivity index (χ0n) is 15.7. The van der Waals surface area contributed by atoms with Crippen LogP contribution < -0.4 is 10.6 Å². The molecule has 0 saturated carbocycles. The molecule has 0 bridgehead atoms. The maximum Gasteiger partial charge on any atom is 0.288 e. The Morgan fingerprint density at radius 2 is 2.00 bits per heavy atom. The molecule has 7 nitrogen and oxygen atoms in total. The van der Waals surface area contributed by atoms with Crippen molar-refractivity contribution in [3.05, 3.63) is 68.5 Å². The largest absolute Gasteiger partial charge is 0.340 e. The molecule has 2 aromatic carbocycles. The molecule has 0 heterocycles. The molecule has 2 aromatic rings. The van der Waals surface area contributed by atoms with Crippen LogP contribution in [0.25, 0.3) is 0 Å². The molecular formula is C19H19ClFN3O4S. The zero-order chi connectivity index (χ0) is 21.6. The SMILES string of the molecule is CSCC[C@H](NC(=O)c1ccc(Cl)c([N+](=O)[O-])c1)C(=O)Nc1ccc(C)c(F)c1. The maximum absolute atomic E-state index is 13.7. The van der Waals surface area contributed by atoms with Crippen LogP contribution >= 0.6 is 23.4 Å². The number of carbonyl (C=O) groups excluding carboxylic acids is 2. The summed E-state index contributed by atoms with van der Waals surface area (Å²) in [5.41, 5.74) is 0.312. The minimum Gasteiger partial charge on any atom is -0.340 e. The van der Waals surface area contributed by atoms with Crippen molar-refractivity contribution in [1.29, 1.82) is 0 Å². The van der Waals surface area contributed by atoms with Crippen LogP contribution in [0.3, 0.4) is 0 Å². The number of nitrogens with zero attached hydrogens (tertiary/aromatic N) is 1. The average molecular weight is 440 g/mol. The summed E-state index contributed by atoms with van der Waals surface area (Å²) in [6.45, 7) is 1.60. The zero-order valence-corrected chi connectivity index (χ0v) is 17.3. The van der Waals surface area contributed by atoms with Gasteiger partial charge in [0.2, 0.25) is 5.91 Å². The normalized spacial score (nSPS) is 11.6. The van der Waals surface area contributed by atoms with Crippen LogP contribution in [-0.4, -0.2) is 34.8 Å². The molecule has 0 aliphatic rings. The number of anilines is 1. The van der Waals surface area contributed by atoms with E-state index in [0.29, 0.717) is 17.7 Å². The van der Waals surface area contributed by atoms with Gasteiger partial charge in [-0.25, -0.2) is 4.39 Å². The summed E-state index contributed by atoms with van der Waals surface area (Å²) in [6, 6.07) is 7.03. The smallest absolute Gasteiger partial charge is 0.288 e. The number of amides is 2. The number of hydrogen-bond donors (Lipinski definition) is 2. The van der Waals surface area contributed by atoms with E-state index in [0.717, 1.165) is 6.07 Å². The van der Waals surface area contributed by atoms with Crippen LogP contribution in [0, 0.1) is 22.9 Å². The summed E-state index contributed by atoms with van der Waals surface area (Å²) in [4.78, 5) is 35.5. The molecule has 154 valence electrons. The van der Waals surface area contributed by atoms with E-state index in [1.807, 2.05) is 6.26 Å². The first-order valence-electron chi connectivity index (χ1n) is 8.53. The molecule has 1 atom stereocenters. The minimum absolute atomic E-state index is 0.00410.